The maximum Gasteiger partial charge on any atom is 0.306 e. The molecule has 1 N–H and O–H groups in total. The van der Waals surface area contributed by atoms with Gasteiger partial charge in [0.25, 0.3) is 5.91 Å². The van der Waals surface area contributed by atoms with E-state index < -0.39 is 0 Å². The molecule has 0 spiro atoms. The van der Waals surface area contributed by atoms with Gasteiger partial charge in [0, 0.05) is 25.5 Å². The minimum absolute atomic E-state index is 0.0917. The molecule has 1 unspecified atom stereocenters. The molecular formula is C22H26FN3O3. The van der Waals surface area contributed by atoms with Crippen LogP contribution in [0.15, 0.2) is 36.5 Å². The average molecular weight is 399 g/mol. The second-order valence-electron chi connectivity index (χ2n) is 7.61. The number of nitrogens with one attached hydrogen (secondary N) is 1. The lowest BCUT2D eigenvalue weighted by atomic mass is 9.97. The number of esters is 1. The van der Waals surface area contributed by atoms with E-state index in [4.69, 9.17) is 4.74 Å². The van der Waals surface area contributed by atoms with Crippen molar-refractivity contribution in [3.05, 3.63) is 53.5 Å². The summed E-state index contributed by atoms with van der Waals surface area (Å²) in [4.78, 5) is 30.4. The quantitative estimate of drug-likeness (QED) is 0.748. The van der Waals surface area contributed by atoms with E-state index >= 15 is 0 Å². The van der Waals surface area contributed by atoms with Crippen LogP contribution in [0.1, 0.15) is 48.5 Å². The lowest BCUT2D eigenvalue weighted by Crippen LogP contribution is -2.34. The number of amides is 1. The Hall–Kier alpha value is -2.96. The van der Waals surface area contributed by atoms with Gasteiger partial charge < -0.3 is 15.0 Å². The number of pyridine rings is 1. The van der Waals surface area contributed by atoms with Crippen molar-refractivity contribution >= 4 is 23.4 Å². The molecule has 1 aromatic heterocycles. The van der Waals surface area contributed by atoms with Gasteiger partial charge in [-0.2, -0.15) is 0 Å². The average Bonchev–Trinajstić information content (AvgIpc) is 2.71. The molecule has 7 heteroatoms. The molecule has 0 radical (unpaired) electrons. The maximum absolute atomic E-state index is 13.6. The third kappa shape index (κ3) is 5.10. The first kappa shape index (κ1) is 20.8. The van der Waals surface area contributed by atoms with Crippen molar-refractivity contribution in [1.82, 2.24) is 10.3 Å². The van der Waals surface area contributed by atoms with Crippen LogP contribution >= 0.6 is 0 Å². The maximum atomic E-state index is 13.6. The Morgan fingerprint density at radius 1 is 1.38 bits per heavy atom. The number of hydrogen-bond acceptors (Lipinski definition) is 5. The molecule has 29 heavy (non-hydrogen) atoms. The lowest BCUT2D eigenvalue weighted by molar-refractivity contribution is -0.149. The standard InChI is InChI=1S/C22H26FN3O3/c1-14(2)18-11-20(26(3)17-6-4-5-16(23)10-17)24-13-19(18)22(28)25-12-15-7-8-29-21(27)9-15/h4-6,10-11,13-15H,7-9,12H2,1-3H3,(H,25,28). The van der Waals surface area contributed by atoms with Gasteiger partial charge in [-0.25, -0.2) is 9.37 Å². The Labute approximate surface area is 170 Å². The Balaban J connectivity index is 1.77. The third-order valence-electron chi connectivity index (χ3n) is 5.12. The van der Waals surface area contributed by atoms with Gasteiger partial charge >= 0.3 is 5.97 Å². The SMILES string of the molecule is CC(C)c1cc(N(C)c2cccc(F)c2)ncc1C(=O)NCC1CCOC(=O)C1. The van der Waals surface area contributed by atoms with E-state index in [0.717, 1.165) is 12.0 Å². The fraction of sp³-hybridized carbons (Fsp3) is 0.409. The Morgan fingerprint density at radius 2 is 2.17 bits per heavy atom. The van der Waals surface area contributed by atoms with Gasteiger partial charge in [0.05, 0.1) is 18.6 Å². The van der Waals surface area contributed by atoms with E-state index in [0.29, 0.717) is 36.6 Å². The highest BCUT2D eigenvalue weighted by molar-refractivity contribution is 5.96. The van der Waals surface area contributed by atoms with Crippen LogP contribution in [0.4, 0.5) is 15.9 Å². The fourth-order valence-corrected chi connectivity index (χ4v) is 3.37. The van der Waals surface area contributed by atoms with Crippen LogP contribution in [-0.4, -0.2) is 37.1 Å². The zero-order valence-corrected chi connectivity index (χ0v) is 16.9. The summed E-state index contributed by atoms with van der Waals surface area (Å²) >= 11 is 0. The summed E-state index contributed by atoms with van der Waals surface area (Å²) in [7, 11) is 1.81. The first-order valence-electron chi connectivity index (χ1n) is 9.78. The molecule has 0 aliphatic carbocycles. The predicted molar refractivity (Wildman–Crippen MR) is 109 cm³/mol. The van der Waals surface area contributed by atoms with E-state index in [1.165, 1.54) is 12.1 Å². The van der Waals surface area contributed by atoms with Gasteiger partial charge in [-0.3, -0.25) is 9.59 Å². The molecule has 154 valence electrons. The Morgan fingerprint density at radius 3 is 2.86 bits per heavy atom. The smallest absolute Gasteiger partial charge is 0.306 e. The summed E-state index contributed by atoms with van der Waals surface area (Å²) in [5, 5.41) is 2.92. The highest BCUT2D eigenvalue weighted by Gasteiger charge is 2.23. The van der Waals surface area contributed by atoms with Gasteiger partial charge in [-0.1, -0.05) is 19.9 Å². The normalized spacial score (nSPS) is 16.4. The Bertz CT molecular complexity index is 901. The Kier molecular flexibility index (Phi) is 6.46. The van der Waals surface area contributed by atoms with Crippen LogP contribution in [0, 0.1) is 11.7 Å². The molecule has 3 rings (SSSR count). The monoisotopic (exact) mass is 399 g/mol. The van der Waals surface area contributed by atoms with Crippen molar-refractivity contribution in [3.8, 4) is 0 Å². The molecule has 2 aromatic rings. The van der Waals surface area contributed by atoms with Gasteiger partial charge in [0.2, 0.25) is 0 Å². The lowest BCUT2D eigenvalue weighted by Gasteiger charge is -2.23. The van der Waals surface area contributed by atoms with Crippen LogP contribution in [0.2, 0.25) is 0 Å². The molecule has 2 heterocycles. The fourth-order valence-electron chi connectivity index (χ4n) is 3.37. The number of nitrogens with zero attached hydrogens (tertiary/aromatic N) is 2. The van der Waals surface area contributed by atoms with Gasteiger partial charge in [-0.15, -0.1) is 0 Å². The highest BCUT2D eigenvalue weighted by Crippen LogP contribution is 2.27. The molecule has 1 aliphatic heterocycles. The predicted octanol–water partition coefficient (Wildman–Crippen LogP) is 3.80. The number of benzene rings is 1. The summed E-state index contributed by atoms with van der Waals surface area (Å²) < 4.78 is 18.5. The van der Waals surface area contributed by atoms with Gasteiger partial charge in [0.1, 0.15) is 11.6 Å². The van der Waals surface area contributed by atoms with E-state index in [9.17, 15) is 14.0 Å². The molecule has 0 saturated carbocycles. The number of anilines is 2. The van der Waals surface area contributed by atoms with E-state index in [2.05, 4.69) is 10.3 Å². The molecule has 1 fully saturated rings. The molecule has 6 nitrogen and oxygen atoms in total. The summed E-state index contributed by atoms with van der Waals surface area (Å²) in [6.45, 7) is 4.85. The van der Waals surface area contributed by atoms with Crippen molar-refractivity contribution in [2.24, 2.45) is 5.92 Å². The number of carbonyl (C=O) groups is 2. The molecule has 1 aliphatic rings. The van der Waals surface area contributed by atoms with Crippen molar-refractivity contribution in [2.45, 2.75) is 32.6 Å². The number of aromatic nitrogens is 1. The van der Waals surface area contributed by atoms with Crippen molar-refractivity contribution in [3.63, 3.8) is 0 Å². The van der Waals surface area contributed by atoms with Crippen LogP contribution in [0.5, 0.6) is 0 Å². The number of carbonyl (C=O) groups excluding carboxylic acids is 2. The minimum atomic E-state index is -0.318. The first-order valence-corrected chi connectivity index (χ1v) is 9.78. The summed E-state index contributed by atoms with van der Waals surface area (Å²) in [6.07, 6.45) is 2.64. The first-order chi connectivity index (χ1) is 13.8. The summed E-state index contributed by atoms with van der Waals surface area (Å²) in [5.41, 5.74) is 2.04. The number of rotatable bonds is 6. The van der Waals surface area contributed by atoms with Crippen molar-refractivity contribution in [2.75, 3.05) is 25.1 Å². The van der Waals surface area contributed by atoms with Crippen molar-refractivity contribution in [1.29, 1.82) is 0 Å². The van der Waals surface area contributed by atoms with Crippen molar-refractivity contribution < 1.29 is 18.7 Å². The molecule has 0 bridgehead atoms. The van der Waals surface area contributed by atoms with E-state index in [-0.39, 0.29) is 29.5 Å². The third-order valence-corrected chi connectivity index (χ3v) is 5.12. The minimum Gasteiger partial charge on any atom is -0.466 e. The van der Waals surface area contributed by atoms with Crippen LogP contribution in [-0.2, 0) is 9.53 Å². The number of hydrogen-bond donors (Lipinski definition) is 1. The molecular weight excluding hydrogens is 373 g/mol. The molecule has 1 aromatic carbocycles. The molecule has 1 amide bonds. The number of cyclic esters (lactones) is 1. The number of ether oxygens (including phenoxy) is 1. The van der Waals surface area contributed by atoms with Crippen LogP contribution in [0.3, 0.4) is 0 Å². The molecule has 1 saturated heterocycles. The second-order valence-corrected chi connectivity index (χ2v) is 7.61. The van der Waals surface area contributed by atoms with Gasteiger partial charge in [-0.05, 0) is 48.1 Å². The van der Waals surface area contributed by atoms with E-state index in [1.807, 2.05) is 27.0 Å². The van der Waals surface area contributed by atoms with Crippen LogP contribution in [0.25, 0.3) is 0 Å². The number of halogens is 1. The van der Waals surface area contributed by atoms with E-state index in [1.54, 1.807) is 23.2 Å². The van der Waals surface area contributed by atoms with Crippen LogP contribution < -0.4 is 10.2 Å². The topological polar surface area (TPSA) is 71.5 Å². The summed E-state index contributed by atoms with van der Waals surface area (Å²) in [6, 6.07) is 8.14. The largest absolute Gasteiger partial charge is 0.466 e. The highest BCUT2D eigenvalue weighted by atomic mass is 19.1. The summed E-state index contributed by atoms with van der Waals surface area (Å²) in [5.74, 6) is 0.0777. The zero-order valence-electron chi connectivity index (χ0n) is 16.9. The second kappa shape index (κ2) is 9.03. The molecule has 1 atom stereocenters. The van der Waals surface area contributed by atoms with Gasteiger partial charge in [0.15, 0.2) is 0 Å². The zero-order chi connectivity index (χ0) is 21.0.